The van der Waals surface area contributed by atoms with Gasteiger partial charge in [-0.2, -0.15) is 0 Å². The first-order valence-electron chi connectivity index (χ1n) is 7.45. The molecule has 0 saturated carbocycles. The molecule has 1 N–H and O–H groups in total. The molecule has 2 aromatic carbocycles. The summed E-state index contributed by atoms with van der Waals surface area (Å²) in [5.74, 6) is 0. The summed E-state index contributed by atoms with van der Waals surface area (Å²) in [7, 11) is -1.19. The van der Waals surface area contributed by atoms with E-state index >= 15 is 0 Å². The van der Waals surface area contributed by atoms with Gasteiger partial charge >= 0.3 is 0 Å². The molecule has 0 spiro atoms. The van der Waals surface area contributed by atoms with Gasteiger partial charge in [0.2, 0.25) is 0 Å². The highest BCUT2D eigenvalue weighted by atomic mass is 79.9. The molecule has 0 aliphatic rings. The van der Waals surface area contributed by atoms with Crippen molar-refractivity contribution in [1.82, 2.24) is 5.32 Å². The molecule has 1 atom stereocenters. The molecule has 3 heteroatoms. The highest BCUT2D eigenvalue weighted by molar-refractivity contribution is 9.10. The third-order valence-electron chi connectivity index (χ3n) is 3.80. The number of hydrogen-bond acceptors (Lipinski definition) is 1. The minimum Gasteiger partial charge on any atom is -0.306 e. The first-order chi connectivity index (χ1) is 9.88. The fourth-order valence-corrected chi connectivity index (χ4v) is 4.12. The molecule has 0 heterocycles. The van der Waals surface area contributed by atoms with Crippen molar-refractivity contribution in [2.45, 2.75) is 39.2 Å². The molecule has 2 aromatic rings. The van der Waals surface area contributed by atoms with Gasteiger partial charge in [-0.15, -0.1) is 0 Å². The molecule has 0 saturated heterocycles. The van der Waals surface area contributed by atoms with Crippen LogP contribution in [0.5, 0.6) is 0 Å². The Labute approximate surface area is 137 Å². The summed E-state index contributed by atoms with van der Waals surface area (Å²) in [5.41, 5.74) is 2.65. The number of benzene rings is 2. The molecule has 0 amide bonds. The Hall–Kier alpha value is -0.903. The molecule has 2 rings (SSSR count). The van der Waals surface area contributed by atoms with Crippen LogP contribution in [0, 0.1) is 0 Å². The standard InChI is InChI=1S/C18H24BrNSi/c1-14(17-7-5-6-8-18(17)19)20-13-15-9-11-16(12-10-15)21(2,3)4/h5-12,14,20H,13H2,1-4H3/t14-/m0/s1. The van der Waals surface area contributed by atoms with Gasteiger partial charge in [-0.3, -0.25) is 0 Å². The second-order valence-electron chi connectivity index (χ2n) is 6.57. The van der Waals surface area contributed by atoms with Crippen LogP contribution in [0.25, 0.3) is 0 Å². The second kappa shape index (κ2) is 6.90. The summed E-state index contributed by atoms with van der Waals surface area (Å²) < 4.78 is 1.17. The predicted molar refractivity (Wildman–Crippen MR) is 98.8 cm³/mol. The fraction of sp³-hybridized carbons (Fsp3) is 0.333. The van der Waals surface area contributed by atoms with Gasteiger partial charge in [-0.05, 0) is 24.1 Å². The van der Waals surface area contributed by atoms with Crippen molar-refractivity contribution >= 4 is 29.2 Å². The minimum absolute atomic E-state index is 0.331. The monoisotopic (exact) mass is 361 g/mol. The summed E-state index contributed by atoms with van der Waals surface area (Å²) in [4.78, 5) is 0. The zero-order chi connectivity index (χ0) is 15.5. The quantitative estimate of drug-likeness (QED) is 0.750. The largest absolute Gasteiger partial charge is 0.306 e. The second-order valence-corrected chi connectivity index (χ2v) is 12.5. The van der Waals surface area contributed by atoms with Crippen molar-refractivity contribution in [3.63, 3.8) is 0 Å². The van der Waals surface area contributed by atoms with Crippen molar-refractivity contribution in [3.05, 3.63) is 64.1 Å². The van der Waals surface area contributed by atoms with E-state index in [1.807, 2.05) is 0 Å². The van der Waals surface area contributed by atoms with Gasteiger partial charge < -0.3 is 5.32 Å². The highest BCUT2D eigenvalue weighted by Crippen LogP contribution is 2.22. The Bertz CT molecular complexity index is 587. The van der Waals surface area contributed by atoms with Crippen LogP contribution in [0.1, 0.15) is 24.1 Å². The smallest absolute Gasteiger partial charge is 0.0775 e. The lowest BCUT2D eigenvalue weighted by Gasteiger charge is -2.18. The molecule has 1 nitrogen and oxygen atoms in total. The minimum atomic E-state index is -1.19. The van der Waals surface area contributed by atoms with Crippen LogP contribution < -0.4 is 10.5 Å². The molecule has 0 fully saturated rings. The molecule has 0 aliphatic heterocycles. The molecule has 0 bridgehead atoms. The number of nitrogens with one attached hydrogen (secondary N) is 1. The lowest BCUT2D eigenvalue weighted by atomic mass is 10.1. The topological polar surface area (TPSA) is 12.0 Å². The molecule has 0 unspecified atom stereocenters. The first-order valence-corrected chi connectivity index (χ1v) is 11.7. The van der Waals surface area contributed by atoms with E-state index in [4.69, 9.17) is 0 Å². The summed E-state index contributed by atoms with van der Waals surface area (Å²) in [6.45, 7) is 10.3. The summed E-state index contributed by atoms with van der Waals surface area (Å²) in [6.07, 6.45) is 0. The van der Waals surface area contributed by atoms with E-state index in [-0.39, 0.29) is 0 Å². The first kappa shape index (κ1) is 16.5. The van der Waals surface area contributed by atoms with Crippen molar-refractivity contribution in [2.75, 3.05) is 0 Å². The van der Waals surface area contributed by atoms with E-state index in [0.29, 0.717) is 6.04 Å². The number of hydrogen-bond donors (Lipinski definition) is 1. The van der Waals surface area contributed by atoms with Gasteiger partial charge in [0.15, 0.2) is 0 Å². The number of rotatable bonds is 5. The van der Waals surface area contributed by atoms with Crippen LogP contribution in [0.4, 0.5) is 0 Å². The molecular formula is C18H24BrNSi. The van der Waals surface area contributed by atoms with E-state index in [2.05, 4.69) is 96.3 Å². The normalized spacial score (nSPS) is 13.2. The van der Waals surface area contributed by atoms with Gasteiger partial charge in [-0.25, -0.2) is 0 Å². The molecular weight excluding hydrogens is 338 g/mol. The van der Waals surface area contributed by atoms with E-state index in [0.717, 1.165) is 6.54 Å². The van der Waals surface area contributed by atoms with E-state index in [9.17, 15) is 0 Å². The maximum Gasteiger partial charge on any atom is 0.0775 e. The zero-order valence-electron chi connectivity index (χ0n) is 13.3. The van der Waals surface area contributed by atoms with Gasteiger partial charge in [0.1, 0.15) is 0 Å². The Morgan fingerprint density at radius 3 is 2.19 bits per heavy atom. The van der Waals surface area contributed by atoms with Crippen LogP contribution in [0.15, 0.2) is 53.0 Å². The van der Waals surface area contributed by atoms with Crippen LogP contribution in [-0.4, -0.2) is 8.07 Å². The van der Waals surface area contributed by atoms with Crippen LogP contribution in [0.3, 0.4) is 0 Å². The summed E-state index contributed by atoms with van der Waals surface area (Å²) >= 11 is 3.62. The summed E-state index contributed by atoms with van der Waals surface area (Å²) in [5, 5.41) is 5.11. The van der Waals surface area contributed by atoms with E-state index < -0.39 is 8.07 Å². The van der Waals surface area contributed by atoms with Gasteiger partial charge in [0.25, 0.3) is 0 Å². The molecule has 21 heavy (non-hydrogen) atoms. The van der Waals surface area contributed by atoms with Crippen LogP contribution in [-0.2, 0) is 6.54 Å². The Kier molecular flexibility index (Phi) is 5.41. The predicted octanol–water partition coefficient (Wildman–Crippen LogP) is 4.85. The van der Waals surface area contributed by atoms with Crippen LogP contribution in [0.2, 0.25) is 19.6 Å². The van der Waals surface area contributed by atoms with Crippen molar-refractivity contribution in [2.24, 2.45) is 0 Å². The fourth-order valence-electron chi connectivity index (χ4n) is 2.33. The van der Waals surface area contributed by atoms with E-state index in [1.54, 1.807) is 0 Å². The molecule has 0 radical (unpaired) electrons. The summed E-state index contributed by atoms with van der Waals surface area (Å²) in [6, 6.07) is 17.8. The Balaban J connectivity index is 1.99. The molecule has 0 aromatic heterocycles. The SMILES string of the molecule is C[C@H](NCc1ccc([Si](C)(C)C)cc1)c1ccccc1Br. The van der Waals surface area contributed by atoms with Gasteiger partial charge in [0.05, 0.1) is 8.07 Å². The van der Waals surface area contributed by atoms with Crippen molar-refractivity contribution < 1.29 is 0 Å². The maximum absolute atomic E-state index is 3.62. The van der Waals surface area contributed by atoms with Crippen molar-refractivity contribution in [3.8, 4) is 0 Å². The van der Waals surface area contributed by atoms with Crippen LogP contribution >= 0.6 is 15.9 Å². The highest BCUT2D eigenvalue weighted by Gasteiger charge is 2.15. The van der Waals surface area contributed by atoms with Gasteiger partial charge in [-0.1, -0.05) is 83.2 Å². The van der Waals surface area contributed by atoms with E-state index in [1.165, 1.54) is 20.8 Å². The Morgan fingerprint density at radius 2 is 1.62 bits per heavy atom. The average molecular weight is 362 g/mol. The lowest BCUT2D eigenvalue weighted by molar-refractivity contribution is 0.573. The van der Waals surface area contributed by atoms with Crippen molar-refractivity contribution in [1.29, 1.82) is 0 Å². The maximum atomic E-state index is 3.62. The third kappa shape index (κ3) is 4.53. The zero-order valence-corrected chi connectivity index (χ0v) is 15.9. The molecule has 112 valence electrons. The third-order valence-corrected chi connectivity index (χ3v) is 6.59. The Morgan fingerprint density at radius 1 is 1.00 bits per heavy atom. The average Bonchev–Trinajstić information content (AvgIpc) is 2.45. The van der Waals surface area contributed by atoms with Gasteiger partial charge in [0, 0.05) is 17.1 Å². The molecule has 0 aliphatic carbocycles. The number of halogens is 1. The lowest BCUT2D eigenvalue weighted by Crippen LogP contribution is -2.37.